The van der Waals surface area contributed by atoms with Crippen LogP contribution in [0.5, 0.6) is 0 Å². The molecule has 0 bridgehead atoms. The summed E-state index contributed by atoms with van der Waals surface area (Å²) in [6.07, 6.45) is 1.39. The van der Waals surface area contributed by atoms with Gasteiger partial charge in [0.2, 0.25) is 6.61 Å². The van der Waals surface area contributed by atoms with Crippen molar-refractivity contribution in [2.24, 2.45) is 5.16 Å². The summed E-state index contributed by atoms with van der Waals surface area (Å²) in [7, 11) is 0. The van der Waals surface area contributed by atoms with Crippen LogP contribution in [-0.4, -0.2) is 74.8 Å². The number of allylic oxidation sites excluding steroid dienone is 1. The average Bonchev–Trinajstić information content (AvgIpc) is 3.19. The van der Waals surface area contributed by atoms with E-state index in [2.05, 4.69) is 22.0 Å². The number of thioether (sulfide) groups is 1. The van der Waals surface area contributed by atoms with E-state index >= 15 is 0 Å². The Kier molecular flexibility index (Phi) is 7.15. The van der Waals surface area contributed by atoms with E-state index in [1.165, 1.54) is 23.2 Å². The first-order chi connectivity index (χ1) is 15.3. The van der Waals surface area contributed by atoms with Crippen molar-refractivity contribution in [3.8, 4) is 0 Å². The van der Waals surface area contributed by atoms with Crippen LogP contribution in [0.3, 0.4) is 0 Å². The molecule has 1 unspecified atom stereocenters. The molecule has 2 aliphatic heterocycles. The SMILES string of the molecule is C=CC1=C(C(=O)O)N2C(=O)C(NC(=O)C(=NOCC(=O)OCC)c3csc(N)n3)[C@H]2SC1. The van der Waals surface area contributed by atoms with Gasteiger partial charge in [0.15, 0.2) is 10.8 Å². The zero-order valence-electron chi connectivity index (χ0n) is 16.8. The van der Waals surface area contributed by atoms with Crippen molar-refractivity contribution in [3.63, 3.8) is 0 Å². The van der Waals surface area contributed by atoms with Crippen LogP contribution in [0.1, 0.15) is 12.6 Å². The van der Waals surface area contributed by atoms with Crippen molar-refractivity contribution >= 4 is 57.7 Å². The first-order valence-corrected chi connectivity index (χ1v) is 11.1. The molecule has 2 atom stereocenters. The summed E-state index contributed by atoms with van der Waals surface area (Å²) in [6.45, 7) is 4.83. The average molecular weight is 482 g/mol. The summed E-state index contributed by atoms with van der Waals surface area (Å²) in [5.41, 5.74) is 5.69. The van der Waals surface area contributed by atoms with E-state index in [1.54, 1.807) is 6.92 Å². The summed E-state index contributed by atoms with van der Waals surface area (Å²) in [5.74, 6) is -3.00. The lowest BCUT2D eigenvalue weighted by Gasteiger charge is -2.49. The van der Waals surface area contributed by atoms with Gasteiger partial charge in [0.25, 0.3) is 11.8 Å². The van der Waals surface area contributed by atoms with Crippen LogP contribution in [-0.2, 0) is 28.8 Å². The molecule has 14 heteroatoms. The van der Waals surface area contributed by atoms with Crippen LogP contribution in [0.2, 0.25) is 0 Å². The van der Waals surface area contributed by atoms with Crippen LogP contribution < -0.4 is 11.1 Å². The monoisotopic (exact) mass is 481 g/mol. The molecular formula is C18H19N5O7S2. The largest absolute Gasteiger partial charge is 0.477 e. The number of oxime groups is 1. The van der Waals surface area contributed by atoms with Crippen molar-refractivity contribution in [1.82, 2.24) is 15.2 Å². The molecule has 0 radical (unpaired) electrons. The van der Waals surface area contributed by atoms with Crippen LogP contribution in [0.25, 0.3) is 0 Å². The van der Waals surface area contributed by atoms with Crippen molar-refractivity contribution in [2.45, 2.75) is 18.3 Å². The standard InChI is InChI=1S/C18H19N5O7S2/c1-3-8-6-31-16-12(15(26)23(16)13(8)17(27)28)21-14(25)11(9-7-32-18(19)20-9)22-30-5-10(24)29-4-2/h3,7,12,16H,1,4-6H2,2H3,(H2,19,20)(H,21,25)(H,27,28)/t12?,16-/m1/s1. The Balaban J connectivity index is 1.76. The molecule has 1 saturated heterocycles. The normalized spacial score (nSPS) is 20.2. The van der Waals surface area contributed by atoms with Crippen LogP contribution in [0.4, 0.5) is 5.13 Å². The van der Waals surface area contributed by atoms with Crippen molar-refractivity contribution in [2.75, 3.05) is 24.7 Å². The van der Waals surface area contributed by atoms with Crippen molar-refractivity contribution in [3.05, 3.63) is 35.0 Å². The second-order valence-electron chi connectivity index (χ2n) is 6.33. The van der Waals surface area contributed by atoms with Gasteiger partial charge in [-0.25, -0.2) is 14.6 Å². The lowest BCUT2D eigenvalue weighted by Crippen LogP contribution is -2.71. The Morgan fingerprint density at radius 1 is 1.50 bits per heavy atom. The maximum atomic E-state index is 12.9. The van der Waals surface area contributed by atoms with Crippen LogP contribution >= 0.6 is 23.1 Å². The molecule has 1 fully saturated rings. The highest BCUT2D eigenvalue weighted by Crippen LogP contribution is 2.40. The minimum atomic E-state index is -1.25. The zero-order valence-corrected chi connectivity index (χ0v) is 18.4. The number of nitrogen functional groups attached to an aromatic ring is 1. The Labute approximate surface area is 190 Å². The lowest BCUT2D eigenvalue weighted by molar-refractivity contribution is -0.150. The molecule has 0 saturated carbocycles. The topological polar surface area (TPSA) is 174 Å². The van der Waals surface area contributed by atoms with Crippen LogP contribution in [0, 0.1) is 0 Å². The number of β-lactam (4-membered cyclic amide) rings is 1. The zero-order chi connectivity index (χ0) is 23.4. The molecule has 3 heterocycles. The molecule has 1 aromatic heterocycles. The minimum absolute atomic E-state index is 0.0915. The molecular weight excluding hydrogens is 462 g/mol. The van der Waals surface area contributed by atoms with Crippen LogP contribution in [0.15, 0.2) is 34.5 Å². The third-order valence-electron chi connectivity index (χ3n) is 4.36. The second-order valence-corrected chi connectivity index (χ2v) is 8.33. The van der Waals surface area contributed by atoms with E-state index in [0.29, 0.717) is 11.3 Å². The van der Waals surface area contributed by atoms with E-state index in [0.717, 1.165) is 16.2 Å². The number of ether oxygens (including phenoxy) is 1. The van der Waals surface area contributed by atoms with Gasteiger partial charge in [0.05, 0.1) is 6.61 Å². The number of esters is 1. The molecule has 0 aliphatic carbocycles. The third kappa shape index (κ3) is 4.60. The number of amides is 2. The predicted molar refractivity (Wildman–Crippen MR) is 116 cm³/mol. The van der Waals surface area contributed by atoms with E-state index in [9.17, 15) is 24.3 Å². The fourth-order valence-corrected chi connectivity index (χ4v) is 4.85. The number of thiazole rings is 1. The number of anilines is 1. The van der Waals surface area contributed by atoms with E-state index < -0.39 is 41.8 Å². The van der Waals surface area contributed by atoms with Crippen molar-refractivity contribution in [1.29, 1.82) is 0 Å². The molecule has 2 amide bonds. The third-order valence-corrected chi connectivity index (χ3v) is 6.33. The summed E-state index contributed by atoms with van der Waals surface area (Å²) < 4.78 is 4.73. The van der Waals surface area contributed by atoms with Crippen molar-refractivity contribution < 1.29 is 33.9 Å². The number of carboxylic acid groups (broad SMARTS) is 1. The highest BCUT2D eigenvalue weighted by atomic mass is 32.2. The Morgan fingerprint density at radius 2 is 2.25 bits per heavy atom. The number of carbonyl (C=O) groups is 4. The van der Waals surface area contributed by atoms with E-state index in [4.69, 9.17) is 15.3 Å². The first-order valence-electron chi connectivity index (χ1n) is 9.19. The molecule has 1 aromatic rings. The number of carbonyl (C=O) groups excluding carboxylic acids is 3. The van der Waals surface area contributed by atoms with E-state index in [1.807, 2.05) is 0 Å². The molecule has 0 aromatic carbocycles. The Bertz CT molecular complexity index is 1030. The van der Waals surface area contributed by atoms with Gasteiger partial charge in [0.1, 0.15) is 22.8 Å². The van der Waals surface area contributed by atoms with Gasteiger partial charge in [-0.2, -0.15) is 0 Å². The maximum Gasteiger partial charge on any atom is 0.352 e. The smallest absolute Gasteiger partial charge is 0.352 e. The number of fused-ring (bicyclic) bond motifs is 1. The van der Waals surface area contributed by atoms with Gasteiger partial charge < -0.3 is 25.7 Å². The van der Waals surface area contributed by atoms with Gasteiger partial charge in [-0.3, -0.25) is 14.5 Å². The number of rotatable bonds is 9. The van der Waals surface area contributed by atoms with E-state index in [-0.39, 0.29) is 28.8 Å². The molecule has 170 valence electrons. The number of nitrogens with two attached hydrogens (primary N) is 1. The van der Waals surface area contributed by atoms with Gasteiger partial charge in [-0.15, -0.1) is 23.1 Å². The molecule has 32 heavy (non-hydrogen) atoms. The first kappa shape index (κ1) is 23.3. The number of hydrogen-bond acceptors (Lipinski definition) is 11. The summed E-state index contributed by atoms with van der Waals surface area (Å²) in [4.78, 5) is 58.6. The molecule has 3 rings (SSSR count). The summed E-state index contributed by atoms with van der Waals surface area (Å²) >= 11 is 2.35. The number of nitrogens with zero attached hydrogens (tertiary/aromatic N) is 3. The number of nitrogens with one attached hydrogen (secondary N) is 1. The summed E-state index contributed by atoms with van der Waals surface area (Å²) in [6, 6.07) is -0.987. The Hall–Kier alpha value is -3.39. The quantitative estimate of drug-likeness (QED) is 0.187. The fourth-order valence-electron chi connectivity index (χ4n) is 2.96. The Morgan fingerprint density at radius 3 is 2.84 bits per heavy atom. The summed E-state index contributed by atoms with van der Waals surface area (Å²) in [5, 5.41) is 16.7. The fraction of sp³-hybridized carbons (Fsp3) is 0.333. The van der Waals surface area contributed by atoms with Gasteiger partial charge in [-0.05, 0) is 12.5 Å². The molecule has 0 spiro atoms. The second kappa shape index (κ2) is 9.82. The molecule has 4 N–H and O–H groups in total. The van der Waals surface area contributed by atoms with Gasteiger partial charge in [0, 0.05) is 11.1 Å². The number of hydrogen-bond donors (Lipinski definition) is 3. The maximum absolute atomic E-state index is 12.9. The molecule has 2 aliphatic rings. The highest BCUT2D eigenvalue weighted by molar-refractivity contribution is 8.00. The number of aliphatic carboxylic acids is 1. The van der Waals surface area contributed by atoms with Gasteiger partial charge in [-0.1, -0.05) is 17.8 Å². The highest BCUT2D eigenvalue weighted by Gasteiger charge is 2.54. The predicted octanol–water partition coefficient (Wildman–Crippen LogP) is -0.0663. The van der Waals surface area contributed by atoms with Gasteiger partial charge >= 0.3 is 11.9 Å². The minimum Gasteiger partial charge on any atom is -0.477 e. The number of carboxylic acids is 1. The lowest BCUT2D eigenvalue weighted by atomic mass is 10.0. The molecule has 12 nitrogen and oxygen atoms in total. The number of aromatic nitrogens is 1.